The van der Waals surface area contributed by atoms with E-state index in [0.717, 1.165) is 6.42 Å². The lowest BCUT2D eigenvalue weighted by atomic mass is 9.92. The fourth-order valence-electron chi connectivity index (χ4n) is 1.51. The fourth-order valence-corrected chi connectivity index (χ4v) is 2.46. The Kier molecular flexibility index (Phi) is 4.62. The zero-order valence-electron chi connectivity index (χ0n) is 9.70. The molecule has 0 aliphatic carbocycles. The Labute approximate surface area is 101 Å². The van der Waals surface area contributed by atoms with E-state index in [1.165, 1.54) is 0 Å². The van der Waals surface area contributed by atoms with Gasteiger partial charge in [0, 0.05) is 14.5 Å². The molecule has 0 atom stereocenters. The Morgan fingerprint density at radius 3 is 2.07 bits per heavy atom. The molecule has 82 valence electrons. The van der Waals surface area contributed by atoms with E-state index in [9.17, 15) is 4.79 Å². The quantitative estimate of drug-likeness (QED) is 0.483. The van der Waals surface area contributed by atoms with Crippen LogP contribution in [-0.2, 0) is 4.79 Å². The topological polar surface area (TPSA) is 29.1 Å². The zero-order valence-corrected chi connectivity index (χ0v) is 11.9. The smallest absolute Gasteiger partial charge is 0.246 e. The van der Waals surface area contributed by atoms with Gasteiger partial charge in [-0.05, 0) is 27.2 Å². The van der Waals surface area contributed by atoms with Crippen molar-refractivity contribution in [3.8, 4) is 0 Å². The number of hydrogen-bond donors (Lipinski definition) is 1. The van der Waals surface area contributed by atoms with Crippen LogP contribution >= 0.6 is 22.6 Å². The molecule has 2 nitrogen and oxygen atoms in total. The Bertz CT molecular complexity index is 238. The number of halogens is 1. The SMILES string of the molecule is C=C(C)C(=O)NC(C)(C)CC(C)(C)I. The van der Waals surface area contributed by atoms with Crippen LogP contribution in [0.15, 0.2) is 12.2 Å². The first-order chi connectivity index (χ1) is 6.03. The second-order valence-electron chi connectivity index (χ2n) is 5.01. The van der Waals surface area contributed by atoms with Gasteiger partial charge in [-0.25, -0.2) is 0 Å². The maximum Gasteiger partial charge on any atom is 0.246 e. The summed E-state index contributed by atoms with van der Waals surface area (Å²) in [5.74, 6) is -0.0596. The second kappa shape index (κ2) is 4.64. The normalized spacial score (nSPS) is 12.4. The van der Waals surface area contributed by atoms with Gasteiger partial charge in [0.25, 0.3) is 0 Å². The molecule has 0 saturated carbocycles. The van der Waals surface area contributed by atoms with Gasteiger partial charge in [-0.3, -0.25) is 4.79 Å². The number of rotatable bonds is 4. The molecule has 1 amide bonds. The Hall–Kier alpha value is -0.0600. The van der Waals surface area contributed by atoms with Crippen molar-refractivity contribution in [1.82, 2.24) is 5.32 Å². The molecule has 0 aliphatic rings. The van der Waals surface area contributed by atoms with Crippen LogP contribution in [-0.4, -0.2) is 14.9 Å². The summed E-state index contributed by atoms with van der Waals surface area (Å²) in [7, 11) is 0. The highest BCUT2D eigenvalue weighted by atomic mass is 127. The van der Waals surface area contributed by atoms with Crippen molar-refractivity contribution in [2.45, 2.75) is 50.0 Å². The highest BCUT2D eigenvalue weighted by Gasteiger charge is 2.27. The van der Waals surface area contributed by atoms with E-state index in [1.807, 2.05) is 13.8 Å². The maximum absolute atomic E-state index is 11.4. The molecule has 0 fully saturated rings. The summed E-state index contributed by atoms with van der Waals surface area (Å²) in [6.07, 6.45) is 0.930. The van der Waals surface area contributed by atoms with Gasteiger partial charge in [-0.2, -0.15) is 0 Å². The first kappa shape index (κ1) is 13.9. The van der Waals surface area contributed by atoms with Crippen LogP contribution in [0.3, 0.4) is 0 Å². The fraction of sp³-hybridized carbons (Fsp3) is 0.727. The van der Waals surface area contributed by atoms with Gasteiger partial charge >= 0.3 is 0 Å². The third-order valence-electron chi connectivity index (χ3n) is 1.70. The number of carbonyl (C=O) groups excluding carboxylic acids is 1. The lowest BCUT2D eigenvalue weighted by Gasteiger charge is -2.32. The molecule has 0 aromatic heterocycles. The summed E-state index contributed by atoms with van der Waals surface area (Å²) in [5.41, 5.74) is 0.380. The molecular formula is C11H20INO. The molecule has 0 rings (SSSR count). The minimum atomic E-state index is -0.180. The van der Waals surface area contributed by atoms with E-state index in [-0.39, 0.29) is 14.9 Å². The summed E-state index contributed by atoms with van der Waals surface area (Å²) >= 11 is 2.39. The molecule has 0 spiro atoms. The van der Waals surface area contributed by atoms with Crippen LogP contribution in [0.2, 0.25) is 0 Å². The summed E-state index contributed by atoms with van der Waals surface area (Å²) in [4.78, 5) is 11.4. The molecule has 0 saturated heterocycles. The summed E-state index contributed by atoms with van der Waals surface area (Å²) in [6, 6.07) is 0. The van der Waals surface area contributed by atoms with Crippen molar-refractivity contribution in [2.75, 3.05) is 0 Å². The molecule has 0 unspecified atom stereocenters. The largest absolute Gasteiger partial charge is 0.347 e. The molecule has 1 N–H and O–H groups in total. The van der Waals surface area contributed by atoms with Gasteiger partial charge in [0.1, 0.15) is 0 Å². The van der Waals surface area contributed by atoms with Crippen LogP contribution in [0.1, 0.15) is 41.0 Å². The van der Waals surface area contributed by atoms with Crippen molar-refractivity contribution >= 4 is 28.5 Å². The minimum Gasteiger partial charge on any atom is -0.347 e. The number of alkyl halides is 1. The molecule has 0 aliphatic heterocycles. The van der Waals surface area contributed by atoms with Crippen molar-refractivity contribution in [3.63, 3.8) is 0 Å². The van der Waals surface area contributed by atoms with Crippen molar-refractivity contribution < 1.29 is 4.79 Å². The molecule has 0 heterocycles. The van der Waals surface area contributed by atoms with Crippen LogP contribution in [0, 0.1) is 0 Å². The van der Waals surface area contributed by atoms with Gasteiger partial charge in [-0.15, -0.1) is 0 Å². The molecule has 0 aromatic rings. The number of amides is 1. The van der Waals surface area contributed by atoms with E-state index in [0.29, 0.717) is 5.57 Å². The van der Waals surface area contributed by atoms with Crippen LogP contribution in [0.4, 0.5) is 0 Å². The van der Waals surface area contributed by atoms with Crippen molar-refractivity contribution in [2.24, 2.45) is 0 Å². The number of hydrogen-bond acceptors (Lipinski definition) is 1. The molecule has 0 aromatic carbocycles. The molecule has 0 radical (unpaired) electrons. The number of carbonyl (C=O) groups is 1. The zero-order chi connectivity index (χ0) is 11.6. The van der Waals surface area contributed by atoms with Crippen molar-refractivity contribution in [3.05, 3.63) is 12.2 Å². The highest BCUT2D eigenvalue weighted by Crippen LogP contribution is 2.28. The van der Waals surface area contributed by atoms with Gasteiger partial charge in [-0.1, -0.05) is 43.0 Å². The van der Waals surface area contributed by atoms with E-state index in [1.54, 1.807) is 6.92 Å². The van der Waals surface area contributed by atoms with Gasteiger partial charge < -0.3 is 5.32 Å². The summed E-state index contributed by atoms with van der Waals surface area (Å²) in [6.45, 7) is 13.7. The average Bonchev–Trinajstić information content (AvgIpc) is 1.78. The van der Waals surface area contributed by atoms with Crippen LogP contribution in [0.25, 0.3) is 0 Å². The van der Waals surface area contributed by atoms with E-state index < -0.39 is 0 Å². The lowest BCUT2D eigenvalue weighted by Crippen LogP contribution is -2.46. The minimum absolute atomic E-state index is 0.0596. The monoisotopic (exact) mass is 309 g/mol. The first-order valence-corrected chi connectivity index (χ1v) is 5.78. The maximum atomic E-state index is 11.4. The molecular weight excluding hydrogens is 289 g/mol. The third-order valence-corrected chi connectivity index (χ3v) is 2.08. The van der Waals surface area contributed by atoms with Gasteiger partial charge in [0.15, 0.2) is 0 Å². The predicted octanol–water partition coefficient (Wildman–Crippen LogP) is 3.06. The van der Waals surface area contributed by atoms with E-state index in [4.69, 9.17) is 0 Å². The highest BCUT2D eigenvalue weighted by molar-refractivity contribution is 14.1. The first-order valence-electron chi connectivity index (χ1n) is 4.70. The summed E-state index contributed by atoms with van der Waals surface area (Å²) in [5, 5.41) is 2.97. The van der Waals surface area contributed by atoms with E-state index >= 15 is 0 Å². The summed E-state index contributed by atoms with van der Waals surface area (Å²) < 4.78 is 0.184. The second-order valence-corrected chi connectivity index (χ2v) is 7.93. The van der Waals surface area contributed by atoms with Crippen molar-refractivity contribution in [1.29, 1.82) is 0 Å². The average molecular weight is 309 g/mol. The molecule has 14 heavy (non-hydrogen) atoms. The Balaban J connectivity index is 4.35. The molecule has 3 heteroatoms. The van der Waals surface area contributed by atoms with Crippen LogP contribution < -0.4 is 5.32 Å². The number of nitrogens with one attached hydrogen (secondary N) is 1. The Morgan fingerprint density at radius 2 is 1.79 bits per heavy atom. The third kappa shape index (κ3) is 6.40. The van der Waals surface area contributed by atoms with Gasteiger partial charge in [0.05, 0.1) is 0 Å². The standard InChI is InChI=1S/C11H20INO/c1-8(2)9(14)13-11(5,6)7-10(3,4)12/h1,7H2,2-6H3,(H,13,14). The predicted molar refractivity (Wildman–Crippen MR) is 69.8 cm³/mol. The lowest BCUT2D eigenvalue weighted by molar-refractivity contribution is -0.119. The Morgan fingerprint density at radius 1 is 1.36 bits per heavy atom. The van der Waals surface area contributed by atoms with E-state index in [2.05, 4.69) is 48.3 Å². The van der Waals surface area contributed by atoms with Crippen LogP contribution in [0.5, 0.6) is 0 Å². The molecule has 0 bridgehead atoms. The van der Waals surface area contributed by atoms with Gasteiger partial charge in [0.2, 0.25) is 5.91 Å².